The summed E-state index contributed by atoms with van der Waals surface area (Å²) in [6.45, 7) is 0.267. The SMILES string of the molecule is Cn1cc(C(=O)NCc2ccc(Cl)cc2)c(=O)c2cc(C#CC[C@H](O)c3ccccc3)oc21. The summed E-state index contributed by atoms with van der Waals surface area (Å²) in [5.74, 6) is 5.54. The molecule has 1 amide bonds. The molecule has 0 spiro atoms. The number of aryl methyl sites for hydroxylation is 1. The van der Waals surface area contributed by atoms with Gasteiger partial charge in [-0.05, 0) is 29.2 Å². The number of pyridine rings is 1. The highest BCUT2D eigenvalue weighted by Gasteiger charge is 2.17. The average Bonchev–Trinajstić information content (AvgIpc) is 3.26. The van der Waals surface area contributed by atoms with E-state index in [1.807, 2.05) is 30.3 Å². The Morgan fingerprint density at radius 1 is 1.18 bits per heavy atom. The van der Waals surface area contributed by atoms with Crippen LogP contribution in [0.25, 0.3) is 11.1 Å². The van der Waals surface area contributed by atoms with Gasteiger partial charge in [0.15, 0.2) is 5.76 Å². The summed E-state index contributed by atoms with van der Waals surface area (Å²) in [5.41, 5.74) is 1.54. The molecule has 33 heavy (non-hydrogen) atoms. The number of aliphatic hydroxyl groups is 1. The lowest BCUT2D eigenvalue weighted by Crippen LogP contribution is -2.29. The minimum atomic E-state index is -0.717. The summed E-state index contributed by atoms with van der Waals surface area (Å²) >= 11 is 5.88. The number of furan rings is 1. The van der Waals surface area contributed by atoms with Gasteiger partial charge in [-0.25, -0.2) is 0 Å². The summed E-state index contributed by atoms with van der Waals surface area (Å²) in [6.07, 6.45) is 0.947. The van der Waals surface area contributed by atoms with Crippen LogP contribution >= 0.6 is 11.6 Å². The van der Waals surface area contributed by atoms with Gasteiger partial charge in [0.25, 0.3) is 5.91 Å². The van der Waals surface area contributed by atoms with Crippen LogP contribution in [0.2, 0.25) is 5.02 Å². The molecule has 0 aliphatic heterocycles. The zero-order valence-corrected chi connectivity index (χ0v) is 18.6. The average molecular weight is 461 g/mol. The van der Waals surface area contributed by atoms with E-state index in [4.69, 9.17) is 16.0 Å². The number of aromatic nitrogens is 1. The van der Waals surface area contributed by atoms with Gasteiger partial charge >= 0.3 is 0 Å². The van der Waals surface area contributed by atoms with E-state index in [9.17, 15) is 14.7 Å². The van der Waals surface area contributed by atoms with Crippen molar-refractivity contribution in [3.05, 3.63) is 105 Å². The molecule has 0 saturated carbocycles. The van der Waals surface area contributed by atoms with Crippen LogP contribution in [-0.4, -0.2) is 15.6 Å². The maximum atomic E-state index is 12.9. The van der Waals surface area contributed by atoms with E-state index in [1.54, 1.807) is 35.9 Å². The lowest BCUT2D eigenvalue weighted by molar-refractivity contribution is 0.0949. The van der Waals surface area contributed by atoms with Gasteiger partial charge in [-0.1, -0.05) is 60.0 Å². The molecule has 4 rings (SSSR count). The summed E-state index contributed by atoms with van der Waals surface area (Å²) in [7, 11) is 1.69. The number of carbonyl (C=O) groups excluding carboxylic acids is 1. The molecular formula is C26H21ClN2O4. The number of hydrogen-bond donors (Lipinski definition) is 2. The van der Waals surface area contributed by atoms with Gasteiger partial charge in [-0.15, -0.1) is 0 Å². The predicted octanol–water partition coefficient (Wildman–Crippen LogP) is 4.19. The van der Waals surface area contributed by atoms with Gasteiger partial charge < -0.3 is 19.4 Å². The third-order valence-electron chi connectivity index (χ3n) is 5.15. The summed E-state index contributed by atoms with van der Waals surface area (Å²) < 4.78 is 7.29. The second-order valence-electron chi connectivity index (χ2n) is 7.55. The molecule has 0 fully saturated rings. The van der Waals surface area contributed by atoms with Crippen LogP contribution in [-0.2, 0) is 13.6 Å². The Kier molecular flexibility index (Phi) is 6.64. The van der Waals surface area contributed by atoms with E-state index in [2.05, 4.69) is 17.2 Å². The van der Waals surface area contributed by atoms with Crippen molar-refractivity contribution >= 4 is 28.6 Å². The summed E-state index contributed by atoms with van der Waals surface area (Å²) in [4.78, 5) is 25.6. The van der Waals surface area contributed by atoms with E-state index >= 15 is 0 Å². The Bertz CT molecular complexity index is 1410. The van der Waals surface area contributed by atoms with E-state index in [-0.39, 0.29) is 29.7 Å². The first-order chi connectivity index (χ1) is 15.9. The maximum Gasteiger partial charge on any atom is 0.257 e. The van der Waals surface area contributed by atoms with Gasteiger partial charge in [0.1, 0.15) is 5.56 Å². The Balaban J connectivity index is 1.52. The highest BCUT2D eigenvalue weighted by Crippen LogP contribution is 2.18. The van der Waals surface area contributed by atoms with Gasteiger partial charge in [-0.3, -0.25) is 9.59 Å². The van der Waals surface area contributed by atoms with Crippen molar-refractivity contribution in [3.8, 4) is 11.8 Å². The second-order valence-corrected chi connectivity index (χ2v) is 7.99. The summed E-state index contributed by atoms with van der Waals surface area (Å²) in [5, 5.41) is 13.9. The molecule has 166 valence electrons. The number of amides is 1. The number of fused-ring (bicyclic) bond motifs is 1. The topological polar surface area (TPSA) is 84.5 Å². The van der Waals surface area contributed by atoms with Gasteiger partial charge in [0.05, 0.1) is 11.5 Å². The number of hydrogen-bond acceptors (Lipinski definition) is 4. The number of nitrogens with zero attached hydrogens (tertiary/aromatic N) is 1. The molecule has 6 nitrogen and oxygen atoms in total. The number of benzene rings is 2. The van der Waals surface area contributed by atoms with Gasteiger partial charge in [0.2, 0.25) is 11.1 Å². The molecular weight excluding hydrogens is 440 g/mol. The molecule has 0 saturated heterocycles. The van der Waals surface area contributed by atoms with Crippen LogP contribution in [0.15, 0.2) is 76.1 Å². The van der Waals surface area contributed by atoms with Crippen LogP contribution in [0.3, 0.4) is 0 Å². The van der Waals surface area contributed by atoms with Crippen LogP contribution in [0, 0.1) is 11.8 Å². The van der Waals surface area contributed by atoms with Crippen molar-refractivity contribution in [2.75, 3.05) is 0 Å². The number of halogens is 1. The van der Waals surface area contributed by atoms with E-state index in [0.29, 0.717) is 10.7 Å². The van der Waals surface area contributed by atoms with Crippen LogP contribution in [0.4, 0.5) is 0 Å². The van der Waals surface area contributed by atoms with E-state index in [0.717, 1.165) is 11.1 Å². The summed E-state index contributed by atoms with van der Waals surface area (Å²) in [6, 6.07) is 17.8. The van der Waals surface area contributed by atoms with Crippen molar-refractivity contribution in [1.82, 2.24) is 9.88 Å². The highest BCUT2D eigenvalue weighted by molar-refractivity contribution is 6.30. The van der Waals surface area contributed by atoms with Crippen LogP contribution in [0.5, 0.6) is 0 Å². The van der Waals surface area contributed by atoms with Crippen molar-refractivity contribution in [1.29, 1.82) is 0 Å². The minimum Gasteiger partial charge on any atom is -0.431 e. The molecule has 0 aliphatic carbocycles. The number of carbonyl (C=O) groups is 1. The smallest absolute Gasteiger partial charge is 0.257 e. The zero-order valence-electron chi connectivity index (χ0n) is 17.8. The van der Waals surface area contributed by atoms with E-state index in [1.165, 1.54) is 12.3 Å². The largest absolute Gasteiger partial charge is 0.431 e. The third kappa shape index (κ3) is 5.17. The molecule has 0 bridgehead atoms. The molecule has 2 N–H and O–H groups in total. The first kappa shape index (κ1) is 22.4. The monoisotopic (exact) mass is 460 g/mol. The number of aliphatic hydroxyl groups excluding tert-OH is 1. The van der Waals surface area contributed by atoms with Gasteiger partial charge in [-0.2, -0.15) is 0 Å². The Morgan fingerprint density at radius 2 is 1.91 bits per heavy atom. The third-order valence-corrected chi connectivity index (χ3v) is 5.40. The number of nitrogens with one attached hydrogen (secondary N) is 1. The molecule has 2 heterocycles. The zero-order chi connectivity index (χ0) is 23.4. The Morgan fingerprint density at radius 3 is 2.64 bits per heavy atom. The van der Waals surface area contributed by atoms with E-state index < -0.39 is 17.4 Å². The molecule has 0 aliphatic rings. The van der Waals surface area contributed by atoms with Crippen LogP contribution < -0.4 is 10.7 Å². The Labute approximate surface area is 195 Å². The molecule has 7 heteroatoms. The van der Waals surface area contributed by atoms with Crippen molar-refractivity contribution in [2.45, 2.75) is 19.1 Å². The minimum absolute atomic E-state index is 0.0128. The van der Waals surface area contributed by atoms with Gasteiger partial charge in [0, 0.05) is 37.3 Å². The molecule has 0 unspecified atom stereocenters. The number of rotatable bonds is 5. The first-order valence-electron chi connectivity index (χ1n) is 10.3. The molecule has 2 aromatic carbocycles. The molecule has 2 aromatic heterocycles. The predicted molar refractivity (Wildman–Crippen MR) is 127 cm³/mol. The molecule has 0 radical (unpaired) electrons. The standard InChI is InChI=1S/C26H21ClN2O4/c1-29-16-22(25(32)28-15-17-10-12-19(27)13-11-17)24(31)21-14-20(33-26(21)29)8-5-9-23(30)18-6-3-2-4-7-18/h2-4,6-7,10-14,16,23,30H,9,15H2,1H3,(H,28,32)/t23-/m0/s1. The normalized spacial score (nSPS) is 11.6. The lowest BCUT2D eigenvalue weighted by Gasteiger charge is -2.07. The fourth-order valence-corrected chi connectivity index (χ4v) is 3.52. The van der Waals surface area contributed by atoms with Crippen molar-refractivity contribution in [3.63, 3.8) is 0 Å². The fraction of sp³-hybridized carbons (Fsp3) is 0.154. The Hall–Kier alpha value is -3.79. The molecule has 1 atom stereocenters. The second kappa shape index (κ2) is 9.78. The fourth-order valence-electron chi connectivity index (χ4n) is 3.39. The quantitative estimate of drug-likeness (QED) is 0.437. The van der Waals surface area contributed by atoms with Crippen LogP contribution in [0.1, 0.15) is 39.8 Å². The molecule has 4 aromatic rings. The first-order valence-corrected chi connectivity index (χ1v) is 10.7. The maximum absolute atomic E-state index is 12.9. The van der Waals surface area contributed by atoms with Crippen molar-refractivity contribution in [2.24, 2.45) is 7.05 Å². The highest BCUT2D eigenvalue weighted by atomic mass is 35.5. The lowest BCUT2D eigenvalue weighted by atomic mass is 10.1. The van der Waals surface area contributed by atoms with Crippen molar-refractivity contribution < 1.29 is 14.3 Å².